The van der Waals surface area contributed by atoms with Crippen LogP contribution in [0.1, 0.15) is 26.7 Å². The molecule has 0 aliphatic heterocycles. The van der Waals surface area contributed by atoms with Crippen LogP contribution in [0, 0.1) is 5.92 Å². The lowest BCUT2D eigenvalue weighted by atomic mass is 9.93. The number of hydrogen-bond acceptors (Lipinski definition) is 2. The van der Waals surface area contributed by atoms with Gasteiger partial charge in [-0.1, -0.05) is 19.1 Å². The van der Waals surface area contributed by atoms with Crippen molar-refractivity contribution in [1.82, 2.24) is 5.32 Å². The lowest BCUT2D eigenvalue weighted by molar-refractivity contribution is 0.148. The van der Waals surface area contributed by atoms with Gasteiger partial charge in [-0.05, 0) is 25.7 Å². The van der Waals surface area contributed by atoms with Gasteiger partial charge in [0.2, 0.25) is 0 Å². The topological polar surface area (TPSA) is 38.3 Å². The van der Waals surface area contributed by atoms with Crippen LogP contribution in [0.5, 0.6) is 0 Å². The molecule has 1 aliphatic rings. The first-order valence-corrected chi connectivity index (χ1v) is 4.82. The second-order valence-corrected chi connectivity index (χ2v) is 3.48. The van der Waals surface area contributed by atoms with Crippen molar-refractivity contribution in [2.45, 2.75) is 32.7 Å². The molecule has 74 valence electrons. The van der Waals surface area contributed by atoms with Gasteiger partial charge in [-0.3, -0.25) is 0 Å². The van der Waals surface area contributed by atoms with Crippen LogP contribution in [-0.4, -0.2) is 18.7 Å². The Bertz CT molecular complexity index is 201. The third-order valence-corrected chi connectivity index (χ3v) is 2.14. The minimum absolute atomic E-state index is 0.155. The molecule has 0 saturated heterocycles. The number of carbonyl (C=O) groups is 1. The predicted octanol–water partition coefficient (Wildman–Crippen LogP) is 2.09. The second-order valence-electron chi connectivity index (χ2n) is 3.48. The van der Waals surface area contributed by atoms with Crippen molar-refractivity contribution in [3.8, 4) is 0 Å². The maximum absolute atomic E-state index is 11.1. The standard InChI is InChI=1S/C10H17NO2/c1-3-13-10(12)11-9-6-4-5-8(2)7-9/h4,6,8-9H,3,5,7H2,1-2H3,(H,11,12)/t8-,9+/m1/s1. The number of amides is 1. The van der Waals surface area contributed by atoms with Crippen LogP contribution in [0.4, 0.5) is 4.79 Å². The van der Waals surface area contributed by atoms with Crippen molar-refractivity contribution in [2.24, 2.45) is 5.92 Å². The van der Waals surface area contributed by atoms with Gasteiger partial charge < -0.3 is 10.1 Å². The second kappa shape index (κ2) is 4.90. The van der Waals surface area contributed by atoms with E-state index in [0.29, 0.717) is 12.5 Å². The molecule has 1 aliphatic carbocycles. The van der Waals surface area contributed by atoms with E-state index in [0.717, 1.165) is 12.8 Å². The zero-order valence-electron chi connectivity index (χ0n) is 8.25. The Morgan fingerprint density at radius 2 is 2.46 bits per heavy atom. The molecule has 0 radical (unpaired) electrons. The molecule has 3 heteroatoms. The summed E-state index contributed by atoms with van der Waals surface area (Å²) >= 11 is 0. The Hall–Kier alpha value is -0.990. The van der Waals surface area contributed by atoms with Gasteiger partial charge in [0.1, 0.15) is 0 Å². The summed E-state index contributed by atoms with van der Waals surface area (Å²) in [5.74, 6) is 0.650. The summed E-state index contributed by atoms with van der Waals surface area (Å²) in [6.45, 7) is 4.42. The van der Waals surface area contributed by atoms with Gasteiger partial charge in [-0.25, -0.2) is 4.79 Å². The maximum atomic E-state index is 11.1. The smallest absolute Gasteiger partial charge is 0.407 e. The minimum Gasteiger partial charge on any atom is -0.450 e. The Morgan fingerprint density at radius 3 is 3.08 bits per heavy atom. The Morgan fingerprint density at radius 1 is 1.69 bits per heavy atom. The zero-order valence-corrected chi connectivity index (χ0v) is 8.25. The van der Waals surface area contributed by atoms with Crippen molar-refractivity contribution in [2.75, 3.05) is 6.61 Å². The predicted molar refractivity (Wildman–Crippen MR) is 51.5 cm³/mol. The molecule has 13 heavy (non-hydrogen) atoms. The van der Waals surface area contributed by atoms with E-state index >= 15 is 0 Å². The minimum atomic E-state index is -0.314. The van der Waals surface area contributed by atoms with E-state index in [-0.39, 0.29) is 12.1 Å². The summed E-state index contributed by atoms with van der Waals surface area (Å²) in [6, 6.07) is 0.155. The molecule has 2 atom stereocenters. The molecule has 0 spiro atoms. The van der Waals surface area contributed by atoms with Gasteiger partial charge in [-0.2, -0.15) is 0 Å². The quantitative estimate of drug-likeness (QED) is 0.666. The van der Waals surface area contributed by atoms with E-state index in [9.17, 15) is 4.79 Å². The van der Waals surface area contributed by atoms with Crippen molar-refractivity contribution in [3.05, 3.63) is 12.2 Å². The molecule has 0 aromatic rings. The number of hydrogen-bond donors (Lipinski definition) is 1. The molecular weight excluding hydrogens is 166 g/mol. The van der Waals surface area contributed by atoms with Gasteiger partial charge in [0.15, 0.2) is 0 Å². The number of nitrogens with one attached hydrogen (secondary N) is 1. The van der Waals surface area contributed by atoms with Crippen LogP contribution < -0.4 is 5.32 Å². The highest BCUT2D eigenvalue weighted by Gasteiger charge is 2.16. The summed E-state index contributed by atoms with van der Waals surface area (Å²) < 4.78 is 4.80. The summed E-state index contributed by atoms with van der Waals surface area (Å²) in [4.78, 5) is 11.1. The van der Waals surface area contributed by atoms with Gasteiger partial charge in [-0.15, -0.1) is 0 Å². The average Bonchev–Trinajstić information content (AvgIpc) is 2.04. The van der Waals surface area contributed by atoms with Crippen LogP contribution in [0.3, 0.4) is 0 Å². The van der Waals surface area contributed by atoms with Gasteiger partial charge in [0.25, 0.3) is 0 Å². The maximum Gasteiger partial charge on any atom is 0.407 e. The van der Waals surface area contributed by atoms with Crippen molar-refractivity contribution < 1.29 is 9.53 Å². The zero-order chi connectivity index (χ0) is 9.68. The van der Waals surface area contributed by atoms with Crippen LogP contribution in [0.2, 0.25) is 0 Å². The molecule has 0 fully saturated rings. The molecular formula is C10H17NO2. The highest BCUT2D eigenvalue weighted by Crippen LogP contribution is 2.17. The van der Waals surface area contributed by atoms with E-state index in [2.05, 4.69) is 18.3 Å². The van der Waals surface area contributed by atoms with E-state index < -0.39 is 0 Å². The summed E-state index contributed by atoms with van der Waals surface area (Å²) in [7, 11) is 0. The fourth-order valence-electron chi connectivity index (χ4n) is 1.51. The van der Waals surface area contributed by atoms with Crippen LogP contribution in [0.15, 0.2) is 12.2 Å². The van der Waals surface area contributed by atoms with Gasteiger partial charge >= 0.3 is 6.09 Å². The molecule has 1 rings (SSSR count). The number of rotatable bonds is 2. The SMILES string of the molecule is CCOC(=O)N[C@H]1C=CC[C@@H](C)C1. The Balaban J connectivity index is 2.32. The molecule has 0 saturated carbocycles. The Labute approximate surface area is 79.2 Å². The van der Waals surface area contributed by atoms with E-state index in [1.54, 1.807) is 6.92 Å². The molecule has 0 heterocycles. The third kappa shape index (κ3) is 3.49. The fourth-order valence-corrected chi connectivity index (χ4v) is 1.51. The first-order valence-electron chi connectivity index (χ1n) is 4.82. The number of allylic oxidation sites excluding steroid dienone is 1. The molecule has 0 aromatic heterocycles. The monoisotopic (exact) mass is 183 g/mol. The molecule has 1 amide bonds. The van der Waals surface area contributed by atoms with Crippen LogP contribution in [-0.2, 0) is 4.74 Å². The van der Waals surface area contributed by atoms with Crippen LogP contribution >= 0.6 is 0 Å². The van der Waals surface area contributed by atoms with Gasteiger partial charge in [0, 0.05) is 0 Å². The average molecular weight is 183 g/mol. The molecule has 0 bridgehead atoms. The third-order valence-electron chi connectivity index (χ3n) is 2.14. The fraction of sp³-hybridized carbons (Fsp3) is 0.700. The first kappa shape index (κ1) is 10.1. The molecule has 3 nitrogen and oxygen atoms in total. The lowest BCUT2D eigenvalue weighted by Gasteiger charge is -2.22. The van der Waals surface area contributed by atoms with Crippen molar-refractivity contribution in [3.63, 3.8) is 0 Å². The highest BCUT2D eigenvalue weighted by atomic mass is 16.5. The number of carbonyl (C=O) groups excluding carboxylic acids is 1. The van der Waals surface area contributed by atoms with Gasteiger partial charge in [0.05, 0.1) is 12.6 Å². The summed E-state index contributed by atoms with van der Waals surface area (Å²) in [6.07, 6.45) is 5.96. The van der Waals surface area contributed by atoms with E-state index in [4.69, 9.17) is 4.74 Å². The summed E-state index contributed by atoms with van der Waals surface area (Å²) in [5, 5.41) is 2.80. The Kier molecular flexibility index (Phi) is 3.80. The normalized spacial score (nSPS) is 26.9. The van der Waals surface area contributed by atoms with E-state index in [1.165, 1.54) is 0 Å². The van der Waals surface area contributed by atoms with Crippen molar-refractivity contribution in [1.29, 1.82) is 0 Å². The molecule has 0 aromatic carbocycles. The van der Waals surface area contributed by atoms with Crippen molar-refractivity contribution >= 4 is 6.09 Å². The molecule has 0 unspecified atom stereocenters. The number of alkyl carbamates (subject to hydrolysis) is 1. The summed E-state index contributed by atoms with van der Waals surface area (Å²) in [5.41, 5.74) is 0. The van der Waals surface area contributed by atoms with Crippen LogP contribution in [0.25, 0.3) is 0 Å². The highest BCUT2D eigenvalue weighted by molar-refractivity contribution is 5.67. The largest absolute Gasteiger partial charge is 0.450 e. The first-order chi connectivity index (χ1) is 6.22. The molecule has 1 N–H and O–H groups in total. The lowest BCUT2D eigenvalue weighted by Crippen LogP contribution is -2.36. The number of ether oxygens (including phenoxy) is 1. The van der Waals surface area contributed by atoms with E-state index in [1.807, 2.05) is 6.08 Å².